The first-order valence-electron chi connectivity index (χ1n) is 6.92. The Hall–Kier alpha value is -1.27. The van der Waals surface area contributed by atoms with Crippen LogP contribution in [-0.4, -0.2) is 25.6 Å². The summed E-state index contributed by atoms with van der Waals surface area (Å²) in [6.07, 6.45) is -3.97. The van der Waals surface area contributed by atoms with Crippen molar-refractivity contribution < 1.29 is 22.6 Å². The van der Waals surface area contributed by atoms with E-state index in [0.717, 1.165) is 6.42 Å². The van der Waals surface area contributed by atoms with Crippen molar-refractivity contribution in [3.8, 4) is 5.75 Å². The number of hydrogen-bond acceptors (Lipinski definition) is 3. The smallest absolute Gasteiger partial charge is 0.406 e. The number of benzene rings is 1. The lowest BCUT2D eigenvalue weighted by Gasteiger charge is -2.37. The van der Waals surface area contributed by atoms with Crippen LogP contribution in [0.15, 0.2) is 24.3 Å². The van der Waals surface area contributed by atoms with Crippen LogP contribution in [0.4, 0.5) is 13.2 Å². The third kappa shape index (κ3) is 4.89. The lowest BCUT2D eigenvalue weighted by Crippen LogP contribution is -2.42. The zero-order chi connectivity index (χ0) is 16.1. The average Bonchev–Trinajstić information content (AvgIpc) is 2.38. The predicted molar refractivity (Wildman–Crippen MR) is 75.2 cm³/mol. The number of hydrogen-bond donors (Lipinski definition) is 1. The van der Waals surface area contributed by atoms with E-state index in [2.05, 4.69) is 10.1 Å². The molecule has 0 aliphatic carbocycles. The van der Waals surface area contributed by atoms with E-state index in [4.69, 9.17) is 4.74 Å². The van der Waals surface area contributed by atoms with Crippen molar-refractivity contribution in [2.75, 3.05) is 13.7 Å². The number of rotatable bonds is 7. The van der Waals surface area contributed by atoms with Crippen LogP contribution in [0.2, 0.25) is 0 Å². The molecule has 1 N–H and O–H groups in total. The number of likely N-dealkylation sites (N-methyl/N-ethyl adjacent to an activating group) is 1. The van der Waals surface area contributed by atoms with Gasteiger partial charge in [0.15, 0.2) is 0 Å². The van der Waals surface area contributed by atoms with Crippen LogP contribution in [0.5, 0.6) is 5.75 Å². The highest BCUT2D eigenvalue weighted by molar-refractivity contribution is 5.32. The van der Waals surface area contributed by atoms with Gasteiger partial charge in [0.2, 0.25) is 0 Å². The third-order valence-electron chi connectivity index (χ3n) is 3.50. The normalized spacial score (nSPS) is 16.3. The van der Waals surface area contributed by atoms with E-state index >= 15 is 0 Å². The van der Waals surface area contributed by atoms with Crippen LogP contribution in [0, 0.1) is 0 Å². The van der Waals surface area contributed by atoms with E-state index in [9.17, 15) is 13.2 Å². The maximum atomic E-state index is 12.3. The van der Waals surface area contributed by atoms with Crippen LogP contribution in [0.3, 0.4) is 0 Å². The Morgan fingerprint density at radius 1 is 1.24 bits per heavy atom. The molecule has 1 rings (SSSR count). The Bertz CT molecular complexity index is 451. The predicted octanol–water partition coefficient (Wildman–Crippen LogP) is 4.05. The van der Waals surface area contributed by atoms with E-state index in [1.807, 2.05) is 20.8 Å². The number of ether oxygens (including phenoxy) is 2. The second-order valence-electron chi connectivity index (χ2n) is 4.94. The molecular formula is C15H22F3NO2. The minimum Gasteiger partial charge on any atom is -0.406 e. The molecule has 6 heteroatoms. The van der Waals surface area contributed by atoms with Gasteiger partial charge in [-0.2, -0.15) is 0 Å². The maximum absolute atomic E-state index is 12.3. The molecule has 1 aromatic rings. The summed E-state index contributed by atoms with van der Waals surface area (Å²) in [6, 6.07) is 5.74. The molecule has 1 aromatic carbocycles. The Morgan fingerprint density at radius 3 is 2.38 bits per heavy atom. The number of nitrogens with one attached hydrogen (secondary N) is 1. The van der Waals surface area contributed by atoms with Gasteiger partial charge in [0.05, 0.1) is 11.6 Å². The fraction of sp³-hybridized carbons (Fsp3) is 0.600. The summed E-state index contributed by atoms with van der Waals surface area (Å²) in [5.74, 6) is -0.227. The molecule has 0 fully saturated rings. The molecule has 0 saturated carbocycles. The summed E-state index contributed by atoms with van der Waals surface area (Å²) < 4.78 is 46.7. The number of halogens is 3. The van der Waals surface area contributed by atoms with Crippen LogP contribution in [0.1, 0.15) is 38.8 Å². The zero-order valence-corrected chi connectivity index (χ0v) is 12.8. The van der Waals surface area contributed by atoms with Gasteiger partial charge in [-0.1, -0.05) is 19.1 Å². The van der Waals surface area contributed by atoms with Crippen LogP contribution in [-0.2, 0) is 4.74 Å². The molecule has 0 aliphatic heterocycles. The summed E-state index contributed by atoms with van der Waals surface area (Å²) in [5, 5.41) is 3.12. The molecule has 0 radical (unpaired) electrons. The highest BCUT2D eigenvalue weighted by Crippen LogP contribution is 2.34. The van der Waals surface area contributed by atoms with Gasteiger partial charge in [0, 0.05) is 6.61 Å². The van der Waals surface area contributed by atoms with E-state index < -0.39 is 12.0 Å². The van der Waals surface area contributed by atoms with E-state index in [1.54, 1.807) is 19.2 Å². The summed E-state index contributed by atoms with van der Waals surface area (Å²) in [4.78, 5) is 0. The SMILES string of the molecule is CCOC(C)(CC)C(NC)c1cccc(OC(F)(F)F)c1. The van der Waals surface area contributed by atoms with Crippen molar-refractivity contribution >= 4 is 0 Å². The highest BCUT2D eigenvalue weighted by Gasteiger charge is 2.35. The molecule has 120 valence electrons. The van der Waals surface area contributed by atoms with Gasteiger partial charge in [0.25, 0.3) is 0 Å². The molecule has 0 saturated heterocycles. The van der Waals surface area contributed by atoms with E-state index in [1.165, 1.54) is 12.1 Å². The van der Waals surface area contributed by atoms with Gasteiger partial charge < -0.3 is 14.8 Å². The lowest BCUT2D eigenvalue weighted by atomic mass is 9.87. The van der Waals surface area contributed by atoms with Gasteiger partial charge in [-0.3, -0.25) is 0 Å². The van der Waals surface area contributed by atoms with Crippen LogP contribution >= 0.6 is 0 Å². The Balaban J connectivity index is 3.08. The molecule has 0 spiro atoms. The van der Waals surface area contributed by atoms with Gasteiger partial charge in [-0.15, -0.1) is 13.2 Å². The summed E-state index contributed by atoms with van der Waals surface area (Å²) in [7, 11) is 1.76. The van der Waals surface area contributed by atoms with Gasteiger partial charge in [-0.25, -0.2) is 0 Å². The van der Waals surface area contributed by atoms with Crippen molar-refractivity contribution in [3.05, 3.63) is 29.8 Å². The first-order chi connectivity index (χ1) is 9.75. The van der Waals surface area contributed by atoms with Crippen molar-refractivity contribution in [1.82, 2.24) is 5.32 Å². The lowest BCUT2D eigenvalue weighted by molar-refractivity contribution is -0.274. The fourth-order valence-electron chi connectivity index (χ4n) is 2.44. The summed E-state index contributed by atoms with van der Waals surface area (Å²) in [5.41, 5.74) is 0.178. The van der Waals surface area contributed by atoms with Crippen molar-refractivity contribution in [3.63, 3.8) is 0 Å². The fourth-order valence-corrected chi connectivity index (χ4v) is 2.44. The monoisotopic (exact) mass is 305 g/mol. The topological polar surface area (TPSA) is 30.5 Å². The zero-order valence-electron chi connectivity index (χ0n) is 12.8. The van der Waals surface area contributed by atoms with Gasteiger partial charge in [-0.05, 0) is 45.0 Å². The summed E-state index contributed by atoms with van der Waals surface area (Å²) >= 11 is 0. The molecule has 2 unspecified atom stereocenters. The second-order valence-corrected chi connectivity index (χ2v) is 4.94. The minimum atomic E-state index is -4.69. The Labute approximate surface area is 123 Å². The van der Waals surface area contributed by atoms with Crippen LogP contribution in [0.25, 0.3) is 0 Å². The van der Waals surface area contributed by atoms with Crippen molar-refractivity contribution in [2.45, 2.75) is 45.2 Å². The van der Waals surface area contributed by atoms with Crippen molar-refractivity contribution in [1.29, 1.82) is 0 Å². The second kappa shape index (κ2) is 7.13. The molecular weight excluding hydrogens is 283 g/mol. The molecule has 21 heavy (non-hydrogen) atoms. The quantitative estimate of drug-likeness (QED) is 0.824. The average molecular weight is 305 g/mol. The first kappa shape index (κ1) is 17.8. The van der Waals surface area contributed by atoms with Crippen molar-refractivity contribution in [2.24, 2.45) is 0 Å². The molecule has 3 nitrogen and oxygen atoms in total. The molecule has 0 aliphatic rings. The maximum Gasteiger partial charge on any atom is 0.573 e. The summed E-state index contributed by atoms with van der Waals surface area (Å²) in [6.45, 7) is 6.34. The largest absolute Gasteiger partial charge is 0.573 e. The molecule has 2 atom stereocenters. The van der Waals surface area contributed by atoms with Gasteiger partial charge >= 0.3 is 6.36 Å². The van der Waals surface area contributed by atoms with E-state index in [-0.39, 0.29) is 11.8 Å². The molecule has 0 heterocycles. The van der Waals surface area contributed by atoms with Gasteiger partial charge in [0.1, 0.15) is 5.75 Å². The van der Waals surface area contributed by atoms with Crippen LogP contribution < -0.4 is 10.1 Å². The molecule has 0 bridgehead atoms. The van der Waals surface area contributed by atoms with E-state index in [0.29, 0.717) is 12.2 Å². The standard InChI is InChI=1S/C15H22F3NO2/c1-5-14(3,20-6-2)13(19-4)11-8-7-9-12(10-11)21-15(16,17)18/h7-10,13,19H,5-6H2,1-4H3. The Kier molecular flexibility index (Phi) is 6.04. The Morgan fingerprint density at radius 2 is 1.90 bits per heavy atom. The number of alkyl halides is 3. The third-order valence-corrected chi connectivity index (χ3v) is 3.50. The molecule has 0 aromatic heterocycles. The highest BCUT2D eigenvalue weighted by atomic mass is 19.4. The molecule has 0 amide bonds. The first-order valence-corrected chi connectivity index (χ1v) is 6.92. The minimum absolute atomic E-state index is 0.227.